The second kappa shape index (κ2) is 9.72. The Hall–Kier alpha value is -2.88. The highest BCUT2D eigenvalue weighted by Crippen LogP contribution is 2.15. The summed E-state index contributed by atoms with van der Waals surface area (Å²) in [7, 11) is 1.82. The highest BCUT2D eigenvalue weighted by Gasteiger charge is 2.06. The molecular weight excluding hydrogens is 332 g/mol. The molecule has 0 spiro atoms. The minimum atomic E-state index is 0.357. The molecule has 140 valence electrons. The lowest BCUT2D eigenvalue weighted by molar-refractivity contribution is 0.593. The summed E-state index contributed by atoms with van der Waals surface area (Å²) in [6.07, 6.45) is 4.90. The fourth-order valence-corrected chi connectivity index (χ4v) is 3.21. The van der Waals surface area contributed by atoms with Crippen LogP contribution in [0.5, 0.6) is 0 Å². The molecule has 0 aliphatic heterocycles. The van der Waals surface area contributed by atoms with Crippen LogP contribution in [0.2, 0.25) is 0 Å². The van der Waals surface area contributed by atoms with Crippen LogP contribution in [0.3, 0.4) is 0 Å². The predicted molar refractivity (Wildman–Crippen MR) is 114 cm³/mol. The maximum atomic E-state index is 4.53. The van der Waals surface area contributed by atoms with Crippen molar-refractivity contribution in [3.05, 3.63) is 78.0 Å². The quantitative estimate of drug-likeness (QED) is 0.495. The van der Waals surface area contributed by atoms with Gasteiger partial charge in [0, 0.05) is 31.2 Å². The predicted octanol–water partition coefficient (Wildman–Crippen LogP) is 3.96. The molecule has 1 unspecified atom stereocenters. The molecule has 0 radical (unpaired) electrons. The average Bonchev–Trinajstić information content (AvgIpc) is 2.72. The number of aromatic nitrogens is 1. The van der Waals surface area contributed by atoms with Crippen molar-refractivity contribution in [1.29, 1.82) is 0 Å². The van der Waals surface area contributed by atoms with E-state index in [0.29, 0.717) is 6.04 Å². The van der Waals surface area contributed by atoms with E-state index in [9.17, 15) is 0 Å². The third-order valence-electron chi connectivity index (χ3n) is 4.72. The van der Waals surface area contributed by atoms with Crippen LogP contribution in [0.1, 0.15) is 24.5 Å². The molecule has 0 fully saturated rings. The number of aryl methyl sites for hydroxylation is 1. The Morgan fingerprint density at radius 3 is 2.63 bits per heavy atom. The number of hydrogen-bond donors (Lipinski definition) is 2. The molecule has 4 nitrogen and oxygen atoms in total. The van der Waals surface area contributed by atoms with Crippen LogP contribution in [-0.4, -0.2) is 30.6 Å². The van der Waals surface area contributed by atoms with Crippen LogP contribution in [0.25, 0.3) is 10.9 Å². The molecule has 0 saturated carbocycles. The summed E-state index contributed by atoms with van der Waals surface area (Å²) in [5.41, 5.74) is 3.71. The van der Waals surface area contributed by atoms with E-state index >= 15 is 0 Å². The zero-order valence-corrected chi connectivity index (χ0v) is 16.2. The normalized spacial score (nSPS) is 12.7. The lowest BCUT2D eigenvalue weighted by atomic mass is 10.1. The molecule has 3 rings (SSSR count). The number of aliphatic imine (C=N–C) groups is 1. The zero-order valence-electron chi connectivity index (χ0n) is 16.2. The molecule has 27 heavy (non-hydrogen) atoms. The van der Waals surface area contributed by atoms with E-state index in [-0.39, 0.29) is 0 Å². The Kier molecular flexibility index (Phi) is 6.80. The van der Waals surface area contributed by atoms with Crippen LogP contribution in [0.15, 0.2) is 71.9 Å². The van der Waals surface area contributed by atoms with Crippen LogP contribution in [-0.2, 0) is 12.8 Å². The number of benzene rings is 2. The van der Waals surface area contributed by atoms with Gasteiger partial charge in [0.1, 0.15) is 0 Å². The van der Waals surface area contributed by atoms with E-state index in [4.69, 9.17) is 0 Å². The van der Waals surface area contributed by atoms with E-state index in [0.717, 1.165) is 37.3 Å². The van der Waals surface area contributed by atoms with Gasteiger partial charge >= 0.3 is 0 Å². The number of guanidine groups is 1. The molecule has 1 aromatic heterocycles. The van der Waals surface area contributed by atoms with E-state index < -0.39 is 0 Å². The highest BCUT2D eigenvalue weighted by atomic mass is 15.2. The van der Waals surface area contributed by atoms with Crippen LogP contribution < -0.4 is 10.6 Å². The maximum absolute atomic E-state index is 4.53. The lowest BCUT2D eigenvalue weighted by Crippen LogP contribution is -2.43. The van der Waals surface area contributed by atoms with Gasteiger partial charge in [-0.25, -0.2) is 0 Å². The van der Waals surface area contributed by atoms with Crippen molar-refractivity contribution < 1.29 is 0 Å². The molecule has 2 N–H and O–H groups in total. The number of fused-ring (bicyclic) bond motifs is 1. The molecule has 1 heterocycles. The van der Waals surface area contributed by atoms with Crippen LogP contribution in [0, 0.1) is 0 Å². The first kappa shape index (κ1) is 18.9. The van der Waals surface area contributed by atoms with Gasteiger partial charge < -0.3 is 10.6 Å². The van der Waals surface area contributed by atoms with Gasteiger partial charge in [0.15, 0.2) is 5.96 Å². The fourth-order valence-electron chi connectivity index (χ4n) is 3.21. The van der Waals surface area contributed by atoms with Gasteiger partial charge in [0.2, 0.25) is 0 Å². The summed E-state index contributed by atoms with van der Waals surface area (Å²) in [5, 5.41) is 8.09. The second-order valence-electron chi connectivity index (χ2n) is 6.81. The maximum Gasteiger partial charge on any atom is 0.191 e. The van der Waals surface area contributed by atoms with Gasteiger partial charge in [-0.3, -0.25) is 9.98 Å². The minimum Gasteiger partial charge on any atom is -0.356 e. The fraction of sp³-hybridized carbons (Fsp3) is 0.304. The largest absolute Gasteiger partial charge is 0.356 e. The van der Waals surface area contributed by atoms with E-state index in [1.165, 1.54) is 16.5 Å². The summed E-state index contributed by atoms with van der Waals surface area (Å²) in [6.45, 7) is 3.02. The van der Waals surface area contributed by atoms with Gasteiger partial charge in [-0.15, -0.1) is 0 Å². The molecule has 0 amide bonds. The van der Waals surface area contributed by atoms with E-state index in [1.807, 2.05) is 19.3 Å². The third-order valence-corrected chi connectivity index (χ3v) is 4.72. The first-order valence-electron chi connectivity index (χ1n) is 9.60. The van der Waals surface area contributed by atoms with Gasteiger partial charge in [-0.05, 0) is 43.4 Å². The molecule has 4 heteroatoms. The van der Waals surface area contributed by atoms with E-state index in [1.54, 1.807) is 0 Å². The molecule has 1 atom stereocenters. The number of nitrogens with zero attached hydrogens (tertiary/aromatic N) is 2. The van der Waals surface area contributed by atoms with E-state index in [2.05, 4.69) is 82.1 Å². The summed E-state index contributed by atoms with van der Waals surface area (Å²) >= 11 is 0. The smallest absolute Gasteiger partial charge is 0.191 e. The number of pyridine rings is 1. The van der Waals surface area contributed by atoms with Gasteiger partial charge in [-0.2, -0.15) is 0 Å². The molecule has 2 aromatic carbocycles. The zero-order chi connectivity index (χ0) is 18.9. The Bertz CT molecular complexity index is 868. The van der Waals surface area contributed by atoms with Crippen molar-refractivity contribution in [3.63, 3.8) is 0 Å². The van der Waals surface area contributed by atoms with Gasteiger partial charge in [0.05, 0.1) is 5.52 Å². The molecule has 3 aromatic rings. The average molecular weight is 361 g/mol. The molecule has 0 aliphatic carbocycles. The first-order valence-corrected chi connectivity index (χ1v) is 9.60. The standard InChI is InChI=1S/C23H28N4/c1-18(13-14-19-8-4-3-5-9-19)27-23(24-2)26-17-15-21-11-6-10-20-12-7-16-25-22(20)21/h3-12,16,18H,13-15,17H2,1-2H3,(H2,24,26,27). The first-order chi connectivity index (χ1) is 13.3. The molecule has 0 aliphatic rings. The number of nitrogens with one attached hydrogen (secondary N) is 2. The molecular formula is C23H28N4. The number of para-hydroxylation sites is 1. The van der Waals surface area contributed by atoms with Crippen molar-refractivity contribution in [3.8, 4) is 0 Å². The highest BCUT2D eigenvalue weighted by molar-refractivity contribution is 5.82. The Labute approximate surface area is 161 Å². The summed E-state index contributed by atoms with van der Waals surface area (Å²) in [5.74, 6) is 0.851. The number of hydrogen-bond acceptors (Lipinski definition) is 2. The summed E-state index contributed by atoms with van der Waals surface area (Å²) < 4.78 is 0. The SMILES string of the molecule is CN=C(NCCc1cccc2cccnc12)NC(C)CCc1ccccc1. The Morgan fingerprint density at radius 1 is 1.00 bits per heavy atom. The molecule has 0 saturated heterocycles. The van der Waals surface area contributed by atoms with Crippen molar-refractivity contribution in [2.45, 2.75) is 32.2 Å². The van der Waals surface area contributed by atoms with Gasteiger partial charge in [0.25, 0.3) is 0 Å². The Balaban J connectivity index is 1.47. The van der Waals surface area contributed by atoms with Crippen molar-refractivity contribution in [2.24, 2.45) is 4.99 Å². The van der Waals surface area contributed by atoms with Crippen molar-refractivity contribution in [1.82, 2.24) is 15.6 Å². The van der Waals surface area contributed by atoms with Crippen molar-refractivity contribution in [2.75, 3.05) is 13.6 Å². The lowest BCUT2D eigenvalue weighted by Gasteiger charge is -2.18. The monoisotopic (exact) mass is 360 g/mol. The summed E-state index contributed by atoms with van der Waals surface area (Å²) in [4.78, 5) is 8.88. The number of rotatable bonds is 7. The minimum absolute atomic E-state index is 0.357. The van der Waals surface area contributed by atoms with Gasteiger partial charge in [-0.1, -0.05) is 54.6 Å². The topological polar surface area (TPSA) is 49.3 Å². The Morgan fingerprint density at radius 2 is 1.81 bits per heavy atom. The second-order valence-corrected chi connectivity index (χ2v) is 6.81. The third kappa shape index (κ3) is 5.55. The van der Waals surface area contributed by atoms with Crippen LogP contribution in [0.4, 0.5) is 0 Å². The van der Waals surface area contributed by atoms with Crippen molar-refractivity contribution >= 4 is 16.9 Å². The van der Waals surface area contributed by atoms with Crippen LogP contribution >= 0.6 is 0 Å². The summed E-state index contributed by atoms with van der Waals surface area (Å²) in [6, 6.07) is 21.4. The molecule has 0 bridgehead atoms.